The number of fused-ring (bicyclic) bond motifs is 1. The number of ether oxygens (including phenoxy) is 2. The molecule has 8 nitrogen and oxygen atoms in total. The molecule has 0 aliphatic carbocycles. The zero-order chi connectivity index (χ0) is 29.1. The van der Waals surface area contributed by atoms with Gasteiger partial charge in [0.1, 0.15) is 23.5 Å². The van der Waals surface area contributed by atoms with Gasteiger partial charge in [0, 0.05) is 30.2 Å². The molecule has 1 N–H and O–H groups in total. The highest BCUT2D eigenvalue weighted by atomic mass is 19.4. The number of hydrogen-bond acceptors (Lipinski definition) is 8. The molecular weight excluding hydrogens is 534 g/mol. The SMILES string of the molecule is COc1cc2ncc(-c3ccc(CC(=O)C=Cc4cc(C(C)(C)C(F)(F)F)on4)c(F)c3)nc2cc1OCCO. The quantitative estimate of drug-likeness (QED) is 0.201. The summed E-state index contributed by atoms with van der Waals surface area (Å²) in [5.41, 5.74) is -0.303. The largest absolute Gasteiger partial charge is 0.493 e. The van der Waals surface area contributed by atoms with Crippen LogP contribution in [0.3, 0.4) is 0 Å². The number of halogens is 4. The first-order valence-electron chi connectivity index (χ1n) is 12.0. The molecule has 4 rings (SSSR count). The topological polar surface area (TPSA) is 108 Å². The van der Waals surface area contributed by atoms with Crippen molar-refractivity contribution in [1.82, 2.24) is 15.1 Å². The van der Waals surface area contributed by atoms with E-state index < -0.39 is 29.0 Å². The van der Waals surface area contributed by atoms with Gasteiger partial charge in [0.05, 0.1) is 36.6 Å². The van der Waals surface area contributed by atoms with Crippen molar-refractivity contribution in [3.63, 3.8) is 0 Å². The molecule has 0 spiro atoms. The van der Waals surface area contributed by atoms with E-state index in [1.165, 1.54) is 31.5 Å². The monoisotopic (exact) mass is 559 g/mol. The fraction of sp³-hybridized carbons (Fsp3) is 0.286. The number of methoxy groups -OCH3 is 1. The summed E-state index contributed by atoms with van der Waals surface area (Å²) < 4.78 is 70.1. The molecule has 4 aromatic rings. The Balaban J connectivity index is 1.49. The van der Waals surface area contributed by atoms with E-state index in [0.717, 1.165) is 26.0 Å². The minimum atomic E-state index is -4.54. The molecule has 2 heterocycles. The molecule has 0 radical (unpaired) electrons. The molecule has 0 aliphatic rings. The minimum absolute atomic E-state index is 0.0360. The van der Waals surface area contributed by atoms with E-state index in [0.29, 0.717) is 33.8 Å². The van der Waals surface area contributed by atoms with Crippen molar-refractivity contribution in [3.8, 4) is 22.8 Å². The van der Waals surface area contributed by atoms with Gasteiger partial charge in [-0.05, 0) is 37.6 Å². The van der Waals surface area contributed by atoms with Crippen molar-refractivity contribution in [2.24, 2.45) is 0 Å². The summed E-state index contributed by atoms with van der Waals surface area (Å²) in [6.45, 7) is 1.80. The molecule has 0 unspecified atom stereocenters. The van der Waals surface area contributed by atoms with Crippen molar-refractivity contribution >= 4 is 22.9 Å². The summed E-state index contributed by atoms with van der Waals surface area (Å²) in [6, 6.07) is 8.64. The second kappa shape index (κ2) is 11.4. The first kappa shape index (κ1) is 28.7. The first-order chi connectivity index (χ1) is 18.9. The van der Waals surface area contributed by atoms with Gasteiger partial charge < -0.3 is 19.1 Å². The molecule has 2 aromatic carbocycles. The van der Waals surface area contributed by atoms with E-state index in [1.807, 2.05) is 0 Å². The van der Waals surface area contributed by atoms with Gasteiger partial charge in [-0.1, -0.05) is 17.3 Å². The van der Waals surface area contributed by atoms with Gasteiger partial charge in [0.25, 0.3) is 0 Å². The number of benzene rings is 2. The number of ketones is 1. The average Bonchev–Trinajstić information content (AvgIpc) is 3.40. The molecule has 0 bridgehead atoms. The Hall–Kier alpha value is -4.32. The summed E-state index contributed by atoms with van der Waals surface area (Å²) in [4.78, 5) is 21.3. The predicted octanol–water partition coefficient (Wildman–Crippen LogP) is 5.47. The minimum Gasteiger partial charge on any atom is -0.493 e. The molecule has 0 aliphatic heterocycles. The van der Waals surface area contributed by atoms with Crippen LogP contribution in [0.2, 0.25) is 0 Å². The van der Waals surface area contributed by atoms with Crippen molar-refractivity contribution in [2.75, 3.05) is 20.3 Å². The normalized spacial score (nSPS) is 12.3. The maximum Gasteiger partial charge on any atom is 0.401 e. The number of allylic oxidation sites excluding steroid dienone is 1. The Labute approximate surface area is 226 Å². The molecular formula is C28H25F4N3O5. The van der Waals surface area contributed by atoms with Gasteiger partial charge >= 0.3 is 6.18 Å². The van der Waals surface area contributed by atoms with Crippen LogP contribution in [0.1, 0.15) is 30.9 Å². The van der Waals surface area contributed by atoms with E-state index in [9.17, 15) is 22.4 Å². The lowest BCUT2D eigenvalue weighted by atomic mass is 9.89. The highest BCUT2D eigenvalue weighted by Crippen LogP contribution is 2.40. The van der Waals surface area contributed by atoms with Gasteiger partial charge in [-0.2, -0.15) is 13.2 Å². The fourth-order valence-corrected chi connectivity index (χ4v) is 3.66. The number of hydrogen-bond donors (Lipinski definition) is 1. The van der Waals surface area contributed by atoms with Gasteiger partial charge in [-0.25, -0.2) is 9.37 Å². The van der Waals surface area contributed by atoms with E-state index in [2.05, 4.69) is 15.1 Å². The predicted molar refractivity (Wildman–Crippen MR) is 137 cm³/mol. The standard InChI is InChI=1S/C28H25F4N3O5/c1-27(2,28(30,31)32)26-12-18(35-40-26)6-7-19(37)10-16-4-5-17(11-20(16)29)23-15-33-21-13-24(38-3)25(39-9-8-36)14-22(21)34-23/h4-7,11-15,36H,8-10H2,1-3H3. The van der Waals surface area contributed by atoms with E-state index in [4.69, 9.17) is 19.1 Å². The van der Waals surface area contributed by atoms with Crippen LogP contribution in [0.5, 0.6) is 11.5 Å². The average molecular weight is 560 g/mol. The third-order valence-corrected chi connectivity index (χ3v) is 6.18. The molecule has 40 heavy (non-hydrogen) atoms. The van der Waals surface area contributed by atoms with Crippen LogP contribution >= 0.6 is 0 Å². The summed E-state index contributed by atoms with van der Waals surface area (Å²) in [5, 5.41) is 12.6. The number of rotatable bonds is 10. The van der Waals surface area contributed by atoms with Crippen LogP contribution in [0, 0.1) is 5.82 Å². The van der Waals surface area contributed by atoms with E-state index >= 15 is 0 Å². The number of aliphatic hydroxyl groups is 1. The molecule has 0 atom stereocenters. The molecule has 0 saturated carbocycles. The smallest absolute Gasteiger partial charge is 0.401 e. The lowest BCUT2D eigenvalue weighted by molar-refractivity contribution is -0.185. The van der Waals surface area contributed by atoms with E-state index in [1.54, 1.807) is 18.2 Å². The highest BCUT2D eigenvalue weighted by Gasteiger charge is 2.51. The van der Waals surface area contributed by atoms with Crippen LogP contribution in [0.25, 0.3) is 28.4 Å². The highest BCUT2D eigenvalue weighted by molar-refractivity contribution is 5.95. The van der Waals surface area contributed by atoms with Crippen LogP contribution < -0.4 is 9.47 Å². The van der Waals surface area contributed by atoms with Crippen LogP contribution in [0.4, 0.5) is 17.6 Å². The van der Waals surface area contributed by atoms with Crippen molar-refractivity contribution in [2.45, 2.75) is 31.9 Å². The van der Waals surface area contributed by atoms with Crippen molar-refractivity contribution in [1.29, 1.82) is 0 Å². The second-order valence-electron chi connectivity index (χ2n) is 9.34. The number of carbonyl (C=O) groups excluding carboxylic acids is 1. The van der Waals surface area contributed by atoms with Gasteiger partial charge in [-0.15, -0.1) is 0 Å². The Kier molecular flexibility index (Phi) is 8.19. The summed E-state index contributed by atoms with van der Waals surface area (Å²) in [7, 11) is 1.48. The first-order valence-corrected chi connectivity index (χ1v) is 12.0. The number of aliphatic hydroxyl groups excluding tert-OH is 1. The Bertz CT molecular complexity index is 1560. The molecule has 2 aromatic heterocycles. The van der Waals surface area contributed by atoms with Crippen LogP contribution in [-0.2, 0) is 16.6 Å². The summed E-state index contributed by atoms with van der Waals surface area (Å²) in [6.07, 6.45) is -1.03. The number of alkyl halides is 3. The van der Waals surface area contributed by atoms with E-state index in [-0.39, 0.29) is 30.9 Å². The number of carbonyl (C=O) groups is 1. The molecule has 210 valence electrons. The summed E-state index contributed by atoms with van der Waals surface area (Å²) in [5.74, 6) is -0.723. The lowest BCUT2D eigenvalue weighted by Crippen LogP contribution is -2.35. The summed E-state index contributed by atoms with van der Waals surface area (Å²) >= 11 is 0. The Morgan fingerprint density at radius 2 is 1.85 bits per heavy atom. The van der Waals surface area contributed by atoms with Gasteiger partial charge in [0.2, 0.25) is 0 Å². The fourth-order valence-electron chi connectivity index (χ4n) is 3.66. The third kappa shape index (κ3) is 6.12. The second-order valence-corrected chi connectivity index (χ2v) is 9.34. The third-order valence-electron chi connectivity index (χ3n) is 6.18. The molecule has 12 heteroatoms. The van der Waals surface area contributed by atoms with Crippen molar-refractivity contribution in [3.05, 3.63) is 71.5 Å². The Morgan fingerprint density at radius 1 is 1.10 bits per heavy atom. The van der Waals surface area contributed by atoms with Crippen LogP contribution in [-0.4, -0.2) is 52.5 Å². The lowest BCUT2D eigenvalue weighted by Gasteiger charge is -2.24. The molecule has 0 fully saturated rings. The van der Waals surface area contributed by atoms with Gasteiger partial charge in [0.15, 0.2) is 23.0 Å². The maximum atomic E-state index is 14.9. The maximum absolute atomic E-state index is 14.9. The van der Waals surface area contributed by atoms with Gasteiger partial charge in [-0.3, -0.25) is 9.78 Å². The molecule has 0 amide bonds. The van der Waals surface area contributed by atoms with Crippen molar-refractivity contribution < 1.29 is 41.5 Å². The zero-order valence-electron chi connectivity index (χ0n) is 21.8. The Morgan fingerprint density at radius 3 is 2.52 bits per heavy atom. The number of aromatic nitrogens is 3. The number of nitrogens with zero attached hydrogens (tertiary/aromatic N) is 3. The zero-order valence-corrected chi connectivity index (χ0v) is 21.8. The van der Waals surface area contributed by atoms with Crippen LogP contribution in [0.15, 0.2) is 53.2 Å². The molecule has 0 saturated heterocycles.